The maximum absolute atomic E-state index is 13.4. The number of aryl methyl sites for hydroxylation is 9. The minimum absolute atomic E-state index is 0. The molecule has 0 atom stereocenters. The Balaban J connectivity index is 0.000000172. The summed E-state index contributed by atoms with van der Waals surface area (Å²) < 4.78 is 273. The normalized spacial score (nSPS) is 15.5. The number of alkyl halides is 6. The molecule has 0 saturated carbocycles. The summed E-state index contributed by atoms with van der Waals surface area (Å²) in [7, 11) is 0. The van der Waals surface area contributed by atoms with Crippen LogP contribution in [0.4, 0.5) is 26.3 Å². The molecule has 0 aliphatic carbocycles. The maximum Gasteiger partial charge on any atom is 0.416 e. The molecule has 8 aromatic carbocycles. The summed E-state index contributed by atoms with van der Waals surface area (Å²) >= 11 is 0. The quantitative estimate of drug-likeness (QED) is 0.104. The largest absolute Gasteiger partial charge is 0.486 e. The fourth-order valence-corrected chi connectivity index (χ4v) is 12.0. The summed E-state index contributed by atoms with van der Waals surface area (Å²) in [5, 5.41) is 2.91. The third-order valence-corrected chi connectivity index (χ3v) is 17.1. The number of nitrogens with zero attached hydrogens (tertiary/aromatic N) is 6. The van der Waals surface area contributed by atoms with Crippen LogP contribution in [-0.4, -0.2) is 29.9 Å². The van der Waals surface area contributed by atoms with E-state index in [1.165, 1.54) is 36.5 Å². The number of benzene rings is 8. The first-order valence-corrected chi connectivity index (χ1v) is 33.4. The minimum Gasteiger partial charge on any atom is -0.486 e. The van der Waals surface area contributed by atoms with Gasteiger partial charge in [-0.1, -0.05) is 177 Å². The molecule has 0 aliphatic heterocycles. The Kier molecular flexibility index (Phi) is 16.7. The number of pyridine rings is 6. The first-order valence-electron chi connectivity index (χ1n) is 44.9. The van der Waals surface area contributed by atoms with E-state index in [0.717, 1.165) is 69.9 Å². The smallest absolute Gasteiger partial charge is 0.416 e. The van der Waals surface area contributed by atoms with Crippen LogP contribution in [-0.2, 0) is 58.9 Å². The van der Waals surface area contributed by atoms with E-state index in [1.54, 1.807) is 60.8 Å². The summed E-state index contributed by atoms with van der Waals surface area (Å²) in [6.07, 6.45) is -6.07. The van der Waals surface area contributed by atoms with Crippen molar-refractivity contribution < 1.29 is 107 Å². The molecule has 2 radical (unpaired) electrons. The van der Waals surface area contributed by atoms with Crippen LogP contribution >= 0.6 is 0 Å². The van der Waals surface area contributed by atoms with E-state index in [-0.39, 0.29) is 102 Å². The van der Waals surface area contributed by atoms with Gasteiger partial charge in [0.1, 0.15) is 0 Å². The Labute approximate surface area is 696 Å². The molecule has 0 bridgehead atoms. The molecule has 0 spiro atoms. The maximum atomic E-state index is 13.4. The first-order chi connectivity index (χ1) is 60.9. The summed E-state index contributed by atoms with van der Waals surface area (Å²) in [6, 6.07) is 65.2. The van der Waals surface area contributed by atoms with Crippen molar-refractivity contribution in [2.24, 2.45) is 5.41 Å². The monoisotopic (exact) mass is 1840 g/mol. The second kappa shape index (κ2) is 33.5. The number of fused-ring (bicyclic) bond motifs is 6. The van der Waals surface area contributed by atoms with Gasteiger partial charge in [0.15, 0.2) is 0 Å². The zero-order chi connectivity index (χ0) is 95.6. The van der Waals surface area contributed by atoms with Crippen LogP contribution in [0.5, 0.6) is 0 Å². The van der Waals surface area contributed by atoms with Gasteiger partial charge in [-0.05, 0) is 198 Å². The summed E-state index contributed by atoms with van der Waals surface area (Å²) in [4.78, 5) is 26.0. The molecule has 110 heavy (non-hydrogen) atoms. The molecule has 558 valence electrons. The van der Waals surface area contributed by atoms with Gasteiger partial charge in [-0.3, -0.25) is 0 Å². The fourth-order valence-electron chi connectivity index (χ4n) is 12.0. The van der Waals surface area contributed by atoms with E-state index in [2.05, 4.69) is 54.2 Å². The van der Waals surface area contributed by atoms with E-state index < -0.39 is 94.4 Å². The topological polar surface area (TPSA) is 104 Å². The molecule has 16 heteroatoms. The summed E-state index contributed by atoms with van der Waals surface area (Å²) in [6.45, 7) is -8.91. The molecule has 16 rings (SSSR count). The molecular weight excluding hydrogens is 1740 g/mol. The average molecular weight is 1840 g/mol. The number of furan rings is 2. The Morgan fingerprint density at radius 2 is 0.827 bits per heavy atom. The van der Waals surface area contributed by atoms with Crippen LogP contribution < -0.4 is 0 Å². The Morgan fingerprint density at radius 3 is 1.22 bits per heavy atom. The van der Waals surface area contributed by atoms with Crippen molar-refractivity contribution in [1.29, 1.82) is 0 Å². The van der Waals surface area contributed by atoms with Crippen molar-refractivity contribution in [2.75, 3.05) is 0 Å². The Bertz CT molecular complexity index is 6680. The molecule has 0 fully saturated rings. The van der Waals surface area contributed by atoms with Gasteiger partial charge >= 0.3 is 12.4 Å². The van der Waals surface area contributed by atoms with Gasteiger partial charge in [-0.25, -0.2) is 9.97 Å². The molecule has 0 unspecified atom stereocenters. The van der Waals surface area contributed by atoms with Crippen molar-refractivity contribution in [3.8, 4) is 89.5 Å². The second-order valence-corrected chi connectivity index (χ2v) is 26.1. The van der Waals surface area contributed by atoms with E-state index in [4.69, 9.17) is 40.4 Å². The van der Waals surface area contributed by atoms with Crippen LogP contribution in [0.25, 0.3) is 134 Å². The van der Waals surface area contributed by atoms with Crippen LogP contribution in [0.2, 0.25) is 0 Å². The number of aromatic nitrogens is 6. The van der Waals surface area contributed by atoms with E-state index in [9.17, 15) is 26.3 Å². The first kappa shape index (κ1) is 54.7. The third-order valence-electron chi connectivity index (χ3n) is 17.1. The van der Waals surface area contributed by atoms with Crippen LogP contribution in [0.15, 0.2) is 240 Å². The fraction of sp³-hybridized carbons (Fsp3) is 0.170. The molecule has 16 aromatic rings. The van der Waals surface area contributed by atoms with Gasteiger partial charge in [0.05, 0.1) is 22.3 Å². The number of halogens is 6. The molecule has 8 nitrogen and oxygen atoms in total. The number of hydrogen-bond acceptors (Lipinski definition) is 8. The van der Waals surface area contributed by atoms with Crippen LogP contribution in [0.1, 0.15) is 119 Å². The summed E-state index contributed by atoms with van der Waals surface area (Å²) in [5.74, 6) is 0. The predicted octanol–water partition coefficient (Wildman–Crippen LogP) is 25.8. The Morgan fingerprint density at radius 1 is 0.391 bits per heavy atom. The van der Waals surface area contributed by atoms with Crippen molar-refractivity contribution in [1.82, 2.24) is 29.9 Å². The molecule has 0 N–H and O–H groups in total. The van der Waals surface area contributed by atoms with E-state index >= 15 is 0 Å². The molecule has 0 aliphatic rings. The predicted molar refractivity (Wildman–Crippen MR) is 422 cm³/mol. The van der Waals surface area contributed by atoms with Gasteiger partial charge in [0.25, 0.3) is 0 Å². The van der Waals surface area contributed by atoms with E-state index in [0.29, 0.717) is 95.8 Å². The molecule has 0 saturated heterocycles. The van der Waals surface area contributed by atoms with E-state index in [1.807, 2.05) is 120 Å². The third kappa shape index (κ3) is 18.2. The molecule has 0 amide bonds. The minimum atomic E-state index is -4.78. The zero-order valence-electron chi connectivity index (χ0n) is 81.9. The standard InChI is InChI=1S/2C26H18F3N2O.C23H24N.C19H16N.2Ir/c2*1-14-11-17(26(27,28)29)8-10-18(14)22-12-23(30-13-15(22)2)21-6-4-5-19-20-9-7-16(3)31-25(20)32-24(19)21;1-17-10-12-20(14-21(17)19-8-6-5-7-9-19)22-13-11-18(16-24-22)15-23(2,3)4;1-14-8-11-19(20-13-14)17-10-9-15(2)18(12-17)16-6-4-3-5-7-16;;/h2*4-5,7-13H,1-3H3;5-11,13-14,16H,15H2,1-4H3;3-9,11-13H,1-2H3;;/q4*-1;;/i2*1D3,2D3;1D3,15D2;1D3,2D3;;. The van der Waals surface area contributed by atoms with Gasteiger partial charge < -0.3 is 28.8 Å². The number of hydrogen-bond donors (Lipinski definition) is 0. The van der Waals surface area contributed by atoms with Gasteiger partial charge in [-0.2, -0.15) is 26.3 Å². The van der Waals surface area contributed by atoms with Crippen LogP contribution in [0, 0.1) is 91.5 Å². The Hall–Kier alpha value is -10.9. The summed E-state index contributed by atoms with van der Waals surface area (Å²) in [5.41, 5.74) is 5.26. The van der Waals surface area contributed by atoms with Crippen molar-refractivity contribution in [3.63, 3.8) is 0 Å². The molecule has 8 aromatic heterocycles. The second-order valence-electron chi connectivity index (χ2n) is 26.1. The van der Waals surface area contributed by atoms with Crippen molar-refractivity contribution >= 4 is 44.1 Å². The zero-order valence-corrected chi connectivity index (χ0v) is 63.7. The molecular formula is C94H76F6Ir2N6O2-4. The van der Waals surface area contributed by atoms with Crippen LogP contribution in [0.3, 0.4) is 0 Å². The number of rotatable bonds is 9. The average Bonchev–Trinajstić information content (AvgIpc) is 1.50. The van der Waals surface area contributed by atoms with Gasteiger partial charge in [-0.15, -0.1) is 95.1 Å². The SMILES string of the molecule is [2H]C([2H])([2H])c1c[c-]c(-c2ccc(C([2H])([2H])C(C)(C)C)cn2)cc1-c1ccccc1.[2H]C([2H])([2H])c1ccc(-c2[c-]cc(C([2H])([2H])[2H])c(-c3ccccc3)c2)nc1.[2H]C([2H])([2H])c1cnc(-c2[c-]ccc3c2oc2nc(C)ccc23)cc1-c1ccc(C(F)(F)F)cc1C([2H])([2H])[2H].[2H]C([2H])([2H])c1cnc(-c2[c-]ccc3c2oc2nc(C)ccc23)cc1-c1ccc(C(F)(F)F)cc1C([2H])([2H])[2H].[Ir].[Ir]. The molecule has 8 heterocycles. The van der Waals surface area contributed by atoms with Crippen molar-refractivity contribution in [2.45, 2.75) is 101 Å². The van der Waals surface area contributed by atoms with Crippen molar-refractivity contribution in [3.05, 3.63) is 322 Å². The van der Waals surface area contributed by atoms with Gasteiger partial charge in [0, 0.05) is 119 Å². The van der Waals surface area contributed by atoms with Gasteiger partial charge in [0.2, 0.25) is 11.4 Å².